The second-order valence-electron chi connectivity index (χ2n) is 6.87. The summed E-state index contributed by atoms with van der Waals surface area (Å²) in [6, 6.07) is 6.99. The molecule has 2 atom stereocenters. The van der Waals surface area contributed by atoms with E-state index >= 15 is 0 Å². The Balaban J connectivity index is 2.90. The van der Waals surface area contributed by atoms with Crippen LogP contribution in [0.25, 0.3) is 0 Å². The van der Waals surface area contributed by atoms with Crippen LogP contribution in [0.4, 0.5) is 18.0 Å². The van der Waals surface area contributed by atoms with Crippen LogP contribution in [0.2, 0.25) is 0 Å². The number of hydrogen-bond acceptors (Lipinski definition) is 4. The van der Waals surface area contributed by atoms with E-state index in [0.717, 1.165) is 0 Å². The fraction of sp³-hybridized carbons (Fsp3) is 0.500. The lowest BCUT2D eigenvalue weighted by molar-refractivity contribution is -0.194. The number of benzene rings is 1. The fourth-order valence-corrected chi connectivity index (χ4v) is 2.24. The molecule has 0 heterocycles. The highest BCUT2D eigenvalue weighted by Crippen LogP contribution is 2.31. The molecule has 0 fully saturated rings. The van der Waals surface area contributed by atoms with Gasteiger partial charge in [0.25, 0.3) is 5.91 Å². The smallest absolute Gasteiger partial charge is 0.420 e. The Morgan fingerprint density at radius 2 is 1.71 bits per heavy atom. The fourth-order valence-electron chi connectivity index (χ4n) is 2.24. The molecule has 0 saturated heterocycles. The Labute approximate surface area is 160 Å². The summed E-state index contributed by atoms with van der Waals surface area (Å²) in [5.74, 6) is -2.70. The summed E-state index contributed by atoms with van der Waals surface area (Å²) in [5, 5.41) is 3.52. The number of alkyl carbamates (subject to hydrolysis) is 1. The van der Waals surface area contributed by atoms with Gasteiger partial charge in [-0.1, -0.05) is 44.2 Å². The van der Waals surface area contributed by atoms with Crippen LogP contribution in [-0.2, 0) is 20.9 Å². The van der Waals surface area contributed by atoms with Crippen LogP contribution < -0.4 is 16.4 Å². The molecule has 0 spiro atoms. The van der Waals surface area contributed by atoms with Gasteiger partial charge in [-0.3, -0.25) is 14.9 Å². The number of carbonyl (C=O) groups excluding carboxylic acids is 3. The minimum absolute atomic E-state index is 0.0491. The number of nitrogens with one attached hydrogen (secondary N) is 2. The van der Waals surface area contributed by atoms with E-state index < -0.39 is 35.7 Å². The molecule has 0 saturated carbocycles. The average Bonchev–Trinajstić information content (AvgIpc) is 2.58. The minimum Gasteiger partial charge on any atom is -0.445 e. The summed E-state index contributed by atoms with van der Waals surface area (Å²) in [7, 11) is 0. The molecule has 0 aromatic heterocycles. The largest absolute Gasteiger partial charge is 0.445 e. The van der Waals surface area contributed by atoms with Gasteiger partial charge in [-0.2, -0.15) is 13.2 Å². The first kappa shape index (κ1) is 23.3. The van der Waals surface area contributed by atoms with Gasteiger partial charge < -0.3 is 15.8 Å². The summed E-state index contributed by atoms with van der Waals surface area (Å²) >= 11 is 0. The molecule has 0 unspecified atom stereocenters. The lowest BCUT2D eigenvalue weighted by atomic mass is 9.98. The number of halogens is 3. The molecule has 156 valence electrons. The summed E-state index contributed by atoms with van der Waals surface area (Å²) in [6.07, 6.45) is -6.53. The van der Waals surface area contributed by atoms with E-state index in [4.69, 9.17) is 10.5 Å². The number of rotatable bonds is 8. The zero-order valence-electron chi connectivity index (χ0n) is 15.8. The third-order valence-electron chi connectivity index (χ3n) is 3.94. The zero-order chi connectivity index (χ0) is 21.5. The van der Waals surface area contributed by atoms with Gasteiger partial charge in [0.15, 0.2) is 0 Å². The summed E-state index contributed by atoms with van der Waals surface area (Å²) < 4.78 is 45.4. The second kappa shape index (κ2) is 9.43. The number of amides is 3. The maximum atomic E-state index is 13.5. The van der Waals surface area contributed by atoms with Gasteiger partial charge in [0, 0.05) is 0 Å². The standard InChI is InChI=1S/C18H24F3N3O4/c1-11(2)9-13(14(22)25)23-15(26)17(3,18(19,20)21)24-16(27)28-10-12-7-5-4-6-8-12/h4-8,11,13H,9-10H2,1-3H3,(H2,22,25)(H,23,26)(H,24,27)/t13-,17-/m0/s1. The highest BCUT2D eigenvalue weighted by atomic mass is 19.4. The molecule has 0 aliphatic rings. The van der Waals surface area contributed by atoms with Crippen molar-refractivity contribution in [2.24, 2.45) is 11.7 Å². The SMILES string of the molecule is CC(C)C[C@H](NC(=O)[C@](C)(NC(=O)OCc1ccccc1)C(F)(F)F)C(N)=O. The molecule has 10 heteroatoms. The predicted octanol–water partition coefficient (Wildman–Crippen LogP) is 2.25. The Bertz CT molecular complexity index is 695. The Kier molecular flexibility index (Phi) is 7.83. The third kappa shape index (κ3) is 6.43. The van der Waals surface area contributed by atoms with Crippen molar-refractivity contribution in [3.63, 3.8) is 0 Å². The number of carbonyl (C=O) groups is 3. The van der Waals surface area contributed by atoms with E-state index in [1.807, 2.05) is 5.32 Å². The van der Waals surface area contributed by atoms with Gasteiger partial charge in [0.1, 0.15) is 12.6 Å². The maximum absolute atomic E-state index is 13.5. The van der Waals surface area contributed by atoms with Crippen molar-refractivity contribution < 1.29 is 32.3 Å². The van der Waals surface area contributed by atoms with Crippen molar-refractivity contribution in [3.05, 3.63) is 35.9 Å². The van der Waals surface area contributed by atoms with Crippen LogP contribution in [0.5, 0.6) is 0 Å². The molecule has 1 aromatic rings. The second-order valence-corrected chi connectivity index (χ2v) is 6.87. The summed E-state index contributed by atoms with van der Waals surface area (Å²) in [4.78, 5) is 35.6. The maximum Gasteiger partial charge on any atom is 0.420 e. The van der Waals surface area contributed by atoms with Crippen LogP contribution >= 0.6 is 0 Å². The Morgan fingerprint density at radius 3 is 2.18 bits per heavy atom. The lowest BCUT2D eigenvalue weighted by Gasteiger charge is -2.32. The number of ether oxygens (including phenoxy) is 1. The van der Waals surface area contributed by atoms with Crippen LogP contribution in [0.3, 0.4) is 0 Å². The Hall–Kier alpha value is -2.78. The van der Waals surface area contributed by atoms with Crippen molar-refractivity contribution in [2.45, 2.75) is 51.6 Å². The topological polar surface area (TPSA) is 111 Å². The first-order valence-electron chi connectivity index (χ1n) is 8.52. The molecule has 0 radical (unpaired) electrons. The van der Waals surface area contributed by atoms with Crippen LogP contribution in [-0.4, -0.2) is 35.7 Å². The quantitative estimate of drug-likeness (QED) is 0.618. The molecular formula is C18H24F3N3O4. The van der Waals surface area contributed by atoms with Crippen molar-refractivity contribution in [1.29, 1.82) is 0 Å². The molecule has 1 rings (SSSR count). The van der Waals surface area contributed by atoms with Gasteiger partial charge in [-0.15, -0.1) is 0 Å². The first-order valence-corrected chi connectivity index (χ1v) is 8.52. The van der Waals surface area contributed by atoms with Gasteiger partial charge in [-0.05, 0) is 24.8 Å². The number of hydrogen-bond donors (Lipinski definition) is 3. The first-order chi connectivity index (χ1) is 12.9. The number of alkyl halides is 3. The molecule has 4 N–H and O–H groups in total. The van der Waals surface area contributed by atoms with E-state index in [2.05, 4.69) is 0 Å². The monoisotopic (exact) mass is 403 g/mol. The van der Waals surface area contributed by atoms with Gasteiger partial charge in [0.05, 0.1) is 0 Å². The molecular weight excluding hydrogens is 379 g/mol. The van der Waals surface area contributed by atoms with E-state index in [0.29, 0.717) is 12.5 Å². The normalized spacial score (nSPS) is 14.7. The average molecular weight is 403 g/mol. The van der Waals surface area contributed by atoms with Crippen molar-refractivity contribution in [2.75, 3.05) is 0 Å². The molecule has 0 bridgehead atoms. The van der Waals surface area contributed by atoms with Crippen LogP contribution in [0.15, 0.2) is 30.3 Å². The van der Waals surface area contributed by atoms with Crippen molar-refractivity contribution in [1.82, 2.24) is 10.6 Å². The predicted molar refractivity (Wildman–Crippen MR) is 94.8 cm³/mol. The number of primary amides is 1. The van der Waals surface area contributed by atoms with Crippen LogP contribution in [0.1, 0.15) is 32.8 Å². The zero-order valence-corrected chi connectivity index (χ0v) is 15.8. The highest BCUT2D eigenvalue weighted by molar-refractivity contribution is 5.94. The Morgan fingerprint density at radius 1 is 1.14 bits per heavy atom. The van der Waals surface area contributed by atoms with Crippen LogP contribution in [0, 0.1) is 5.92 Å². The molecule has 7 nitrogen and oxygen atoms in total. The van der Waals surface area contributed by atoms with Gasteiger partial charge >= 0.3 is 12.3 Å². The minimum atomic E-state index is -5.15. The van der Waals surface area contributed by atoms with E-state index in [-0.39, 0.29) is 18.9 Å². The molecule has 0 aliphatic carbocycles. The molecule has 28 heavy (non-hydrogen) atoms. The van der Waals surface area contributed by atoms with Gasteiger partial charge in [-0.25, -0.2) is 4.79 Å². The third-order valence-corrected chi connectivity index (χ3v) is 3.94. The highest BCUT2D eigenvalue weighted by Gasteiger charge is 2.58. The summed E-state index contributed by atoms with van der Waals surface area (Å²) in [5.41, 5.74) is 2.39. The summed E-state index contributed by atoms with van der Waals surface area (Å²) in [6.45, 7) is 3.63. The van der Waals surface area contributed by atoms with Crippen molar-refractivity contribution in [3.8, 4) is 0 Å². The molecule has 0 aliphatic heterocycles. The van der Waals surface area contributed by atoms with Gasteiger partial charge in [0.2, 0.25) is 11.4 Å². The van der Waals surface area contributed by atoms with E-state index in [1.165, 1.54) is 0 Å². The lowest BCUT2D eigenvalue weighted by Crippen LogP contribution is -2.67. The van der Waals surface area contributed by atoms with E-state index in [1.54, 1.807) is 49.5 Å². The number of nitrogens with two attached hydrogens (primary N) is 1. The molecule has 3 amide bonds. The van der Waals surface area contributed by atoms with E-state index in [9.17, 15) is 27.6 Å². The molecule has 1 aromatic carbocycles. The van der Waals surface area contributed by atoms with Crippen molar-refractivity contribution >= 4 is 17.9 Å².